The summed E-state index contributed by atoms with van der Waals surface area (Å²) in [6.07, 6.45) is 57.9. The molecule has 0 saturated carbocycles. The Balaban J connectivity index is 1.73. The number of aliphatic hydroxyl groups is 7. The van der Waals surface area contributed by atoms with Crippen LogP contribution in [0.1, 0.15) is 181 Å². The first-order chi connectivity index (χ1) is 39.6. The van der Waals surface area contributed by atoms with Gasteiger partial charge in [0.25, 0.3) is 0 Å². The molecule has 2 aliphatic heterocycles. The molecule has 0 spiro atoms. The number of hydrogen-bond donors (Lipinski definition) is 7. The van der Waals surface area contributed by atoms with Crippen molar-refractivity contribution in [1.29, 1.82) is 0 Å². The van der Waals surface area contributed by atoms with E-state index in [1.165, 1.54) is 38.5 Å². The van der Waals surface area contributed by atoms with Crippen LogP contribution >= 0.6 is 0 Å². The molecule has 7 N–H and O–H groups in total. The van der Waals surface area contributed by atoms with Gasteiger partial charge < -0.3 is 64.2 Å². The molecule has 0 aromatic carbocycles. The van der Waals surface area contributed by atoms with E-state index in [1.807, 2.05) is 0 Å². The van der Waals surface area contributed by atoms with Gasteiger partial charge in [0.05, 0.1) is 26.4 Å². The summed E-state index contributed by atoms with van der Waals surface area (Å²) >= 11 is 0. The predicted octanol–water partition coefficient (Wildman–Crippen LogP) is 11.9. The van der Waals surface area contributed by atoms with Gasteiger partial charge in [0.1, 0.15) is 54.9 Å². The Bertz CT molecular complexity index is 1850. The van der Waals surface area contributed by atoms with Gasteiger partial charge >= 0.3 is 5.97 Å². The van der Waals surface area contributed by atoms with Crippen LogP contribution in [-0.2, 0) is 33.2 Å². The number of unbranched alkanes of at least 4 members (excludes halogenated alkanes) is 12. The van der Waals surface area contributed by atoms with Crippen LogP contribution in [0.25, 0.3) is 0 Å². The molecular formula is C67H108O14. The molecule has 2 aliphatic rings. The monoisotopic (exact) mass is 1140 g/mol. The van der Waals surface area contributed by atoms with Gasteiger partial charge in [-0.15, -0.1) is 0 Å². The lowest BCUT2D eigenvalue weighted by Crippen LogP contribution is -2.61. The van der Waals surface area contributed by atoms with Gasteiger partial charge in [-0.2, -0.15) is 0 Å². The summed E-state index contributed by atoms with van der Waals surface area (Å²) < 4.78 is 34.4. The van der Waals surface area contributed by atoms with Crippen LogP contribution in [0.3, 0.4) is 0 Å². The van der Waals surface area contributed by atoms with Gasteiger partial charge in [-0.25, -0.2) is 0 Å². The van der Waals surface area contributed by atoms with Crippen molar-refractivity contribution in [3.8, 4) is 0 Å². The summed E-state index contributed by atoms with van der Waals surface area (Å²) in [6, 6.07) is 0. The Kier molecular flexibility index (Phi) is 46.8. The predicted molar refractivity (Wildman–Crippen MR) is 325 cm³/mol. The minimum absolute atomic E-state index is 0.0336. The highest BCUT2D eigenvalue weighted by Gasteiger charge is 2.47. The highest BCUT2D eigenvalue weighted by Crippen LogP contribution is 2.26. The second kappa shape index (κ2) is 51.7. The third-order valence-electron chi connectivity index (χ3n) is 13.7. The fourth-order valence-electron chi connectivity index (χ4n) is 8.78. The third-order valence-corrected chi connectivity index (χ3v) is 13.7. The minimum Gasteiger partial charge on any atom is -0.457 e. The van der Waals surface area contributed by atoms with Crippen molar-refractivity contribution >= 4 is 5.97 Å². The van der Waals surface area contributed by atoms with Crippen LogP contribution in [0.15, 0.2) is 134 Å². The second-order valence-electron chi connectivity index (χ2n) is 20.8. The number of hydrogen-bond acceptors (Lipinski definition) is 14. The molecule has 2 fully saturated rings. The average Bonchev–Trinajstić information content (AvgIpc) is 3.46. The molecule has 0 aromatic rings. The van der Waals surface area contributed by atoms with E-state index in [1.54, 1.807) is 0 Å². The van der Waals surface area contributed by atoms with Crippen molar-refractivity contribution in [1.82, 2.24) is 0 Å². The van der Waals surface area contributed by atoms with Crippen molar-refractivity contribution in [3.05, 3.63) is 134 Å². The van der Waals surface area contributed by atoms with E-state index >= 15 is 0 Å². The Morgan fingerprint density at radius 1 is 0.407 bits per heavy atom. The minimum atomic E-state index is -1.72. The van der Waals surface area contributed by atoms with Crippen molar-refractivity contribution in [3.63, 3.8) is 0 Å². The summed E-state index contributed by atoms with van der Waals surface area (Å²) in [6.45, 7) is 3.38. The number of rotatable bonds is 48. The molecule has 81 heavy (non-hydrogen) atoms. The maximum atomic E-state index is 13.1. The van der Waals surface area contributed by atoms with Crippen molar-refractivity contribution in [2.75, 3.05) is 33.0 Å². The molecule has 14 nitrogen and oxygen atoms in total. The molecule has 0 bridgehead atoms. The zero-order chi connectivity index (χ0) is 58.6. The molecule has 0 aromatic heterocycles. The van der Waals surface area contributed by atoms with E-state index in [9.17, 15) is 40.5 Å². The topological polar surface area (TPSA) is 214 Å². The van der Waals surface area contributed by atoms with E-state index in [4.69, 9.17) is 28.4 Å². The number of ether oxygens (including phenoxy) is 6. The lowest BCUT2D eigenvalue weighted by atomic mass is 9.98. The van der Waals surface area contributed by atoms with Crippen molar-refractivity contribution < 1.29 is 69.0 Å². The smallest absolute Gasteiger partial charge is 0.306 e. The maximum Gasteiger partial charge on any atom is 0.306 e. The molecule has 2 rings (SSSR count). The van der Waals surface area contributed by atoms with Crippen LogP contribution in [-0.4, -0.2) is 142 Å². The van der Waals surface area contributed by atoms with Gasteiger partial charge in [-0.1, -0.05) is 199 Å². The normalized spacial score (nSPS) is 24.7. The number of allylic oxidation sites excluding steroid dienone is 22. The molecular weight excluding hydrogens is 1030 g/mol. The van der Waals surface area contributed by atoms with E-state index in [0.29, 0.717) is 13.0 Å². The first kappa shape index (κ1) is 73.2. The number of carbonyl (C=O) groups is 1. The van der Waals surface area contributed by atoms with Gasteiger partial charge in [0.15, 0.2) is 12.6 Å². The van der Waals surface area contributed by atoms with E-state index < -0.39 is 86.7 Å². The number of carbonyl (C=O) groups excluding carboxylic acids is 1. The Morgan fingerprint density at radius 3 is 1.20 bits per heavy atom. The van der Waals surface area contributed by atoms with Gasteiger partial charge in [0, 0.05) is 13.0 Å². The molecule has 0 amide bonds. The molecule has 2 saturated heterocycles. The molecule has 14 heteroatoms. The molecule has 0 aliphatic carbocycles. The summed E-state index contributed by atoms with van der Waals surface area (Å²) in [4.78, 5) is 13.1. The van der Waals surface area contributed by atoms with Crippen molar-refractivity contribution in [2.24, 2.45) is 0 Å². The van der Waals surface area contributed by atoms with E-state index in [-0.39, 0.29) is 19.6 Å². The number of esters is 1. The quantitative estimate of drug-likeness (QED) is 0.0172. The number of aliphatic hydroxyl groups excluding tert-OH is 7. The van der Waals surface area contributed by atoms with Crippen LogP contribution in [0.4, 0.5) is 0 Å². The lowest BCUT2D eigenvalue weighted by Gasteiger charge is -2.42. The second-order valence-corrected chi connectivity index (χ2v) is 20.8. The highest BCUT2D eigenvalue weighted by molar-refractivity contribution is 5.69. The molecule has 0 radical (unpaired) electrons. The average molecular weight is 1140 g/mol. The first-order valence-electron chi connectivity index (χ1n) is 30.8. The van der Waals surface area contributed by atoms with Crippen LogP contribution in [0, 0.1) is 0 Å². The van der Waals surface area contributed by atoms with Crippen LogP contribution in [0.5, 0.6) is 0 Å². The molecule has 2 heterocycles. The zero-order valence-electron chi connectivity index (χ0n) is 49.5. The summed E-state index contributed by atoms with van der Waals surface area (Å²) in [5, 5.41) is 72.5. The SMILES string of the molecule is CC/C=C\C/C=C\C/C=C\C/C=C\C/C=C\C/C=C\C/C=C\CCCCCC(=O)OC(COCCCCCCCCCCC/C=C\C/C=C\C/C=C\C/C=C\CC)COC1OC(COC2OC(CO)C(O)C(O)C2O)C(O)C(O)C1O. The van der Waals surface area contributed by atoms with Crippen LogP contribution in [0.2, 0.25) is 0 Å². The molecule has 11 atom stereocenters. The van der Waals surface area contributed by atoms with Crippen LogP contribution < -0.4 is 0 Å². The molecule has 460 valence electrons. The summed E-state index contributed by atoms with van der Waals surface area (Å²) in [5.74, 6) is -0.415. The van der Waals surface area contributed by atoms with Gasteiger partial charge in [0.2, 0.25) is 0 Å². The third kappa shape index (κ3) is 37.9. The summed E-state index contributed by atoms with van der Waals surface area (Å²) in [5.41, 5.74) is 0. The van der Waals surface area contributed by atoms with Gasteiger partial charge in [-0.3, -0.25) is 4.79 Å². The fraction of sp³-hybridized carbons (Fsp3) is 0.657. The standard InChI is InChI=1S/C67H108O14/c1-3-5-7-9-11-13-15-17-19-21-23-25-27-28-29-30-32-34-36-38-40-42-44-46-48-50-59(69)79-56(53-76-51-49-47-45-43-41-39-37-35-33-31-26-24-22-20-18-16-14-12-10-8-6-4-2)54-77-66-65(75)63(73)61(71)58(81-66)55-78-67-64(74)62(72)60(70)57(52-68)80-67/h5-8,11-14,17-20,23-26,28-29,32,34,38,40,56-58,60-68,70-75H,3-4,9-10,15-16,21-22,27,30-31,33,35-37,39,41-55H2,1-2H3/b7-5-,8-6-,13-11-,14-12-,19-17-,20-18-,25-23-,26-24-,29-28-,34-32-,40-38-. The van der Waals surface area contributed by atoms with E-state index in [0.717, 1.165) is 116 Å². The van der Waals surface area contributed by atoms with Gasteiger partial charge in [-0.05, 0) is 109 Å². The largest absolute Gasteiger partial charge is 0.457 e. The lowest BCUT2D eigenvalue weighted by molar-refractivity contribution is -0.332. The maximum absolute atomic E-state index is 13.1. The van der Waals surface area contributed by atoms with Crippen molar-refractivity contribution in [2.45, 2.75) is 248 Å². The Labute approximate surface area is 488 Å². The Morgan fingerprint density at radius 2 is 0.765 bits per heavy atom. The highest BCUT2D eigenvalue weighted by atomic mass is 16.7. The zero-order valence-corrected chi connectivity index (χ0v) is 49.5. The molecule has 11 unspecified atom stereocenters. The Hall–Kier alpha value is -3.87. The first-order valence-corrected chi connectivity index (χ1v) is 30.8. The summed E-state index contributed by atoms with van der Waals surface area (Å²) in [7, 11) is 0. The fourth-order valence-corrected chi connectivity index (χ4v) is 8.78. The van der Waals surface area contributed by atoms with E-state index in [2.05, 4.69) is 148 Å².